The number of nitrogens with two attached hydrogens (primary N) is 1. The number of hydrogen-bond acceptors (Lipinski definition) is 9. The maximum atomic E-state index is 12.3. The van der Waals surface area contributed by atoms with Crippen LogP contribution in [-0.4, -0.2) is 32.1 Å². The van der Waals surface area contributed by atoms with Crippen LogP contribution in [0, 0.1) is 6.92 Å². The van der Waals surface area contributed by atoms with Crippen LogP contribution in [0.5, 0.6) is 0 Å². The third-order valence-corrected chi connectivity index (χ3v) is 5.79. The normalized spacial score (nSPS) is 15.0. The molecular formula is C21H20N6O3S. The molecule has 3 aromatic rings. The quantitative estimate of drug-likeness (QED) is 0.499. The Morgan fingerprint density at radius 2 is 1.94 bits per heavy atom. The van der Waals surface area contributed by atoms with Gasteiger partial charge in [0, 0.05) is 10.6 Å². The number of aryl methyl sites for hydroxylation is 1. The first-order valence-electron chi connectivity index (χ1n) is 9.53. The van der Waals surface area contributed by atoms with Gasteiger partial charge in [-0.05, 0) is 30.7 Å². The minimum absolute atomic E-state index is 0.0101. The lowest BCUT2D eigenvalue weighted by Gasteiger charge is -2.23. The topological polar surface area (TPSA) is 132 Å². The van der Waals surface area contributed by atoms with Crippen molar-refractivity contribution in [2.45, 2.75) is 30.1 Å². The number of esters is 1. The van der Waals surface area contributed by atoms with Gasteiger partial charge in [0.15, 0.2) is 12.4 Å². The molecule has 1 aromatic heterocycles. The van der Waals surface area contributed by atoms with E-state index in [0.29, 0.717) is 0 Å². The summed E-state index contributed by atoms with van der Waals surface area (Å²) in [6.07, 6.45) is -0.0697. The minimum Gasteiger partial charge on any atom is -0.457 e. The minimum atomic E-state index is -0.566. The molecule has 0 fully saturated rings. The molecule has 0 saturated heterocycles. The van der Waals surface area contributed by atoms with Gasteiger partial charge < -0.3 is 21.1 Å². The molecule has 1 amide bonds. The Bertz CT molecular complexity index is 1140. The van der Waals surface area contributed by atoms with Crippen LogP contribution >= 0.6 is 11.8 Å². The van der Waals surface area contributed by atoms with Crippen molar-refractivity contribution < 1.29 is 14.3 Å². The average Bonchev–Trinajstić information content (AvgIpc) is 2.74. The molecule has 0 bridgehead atoms. The van der Waals surface area contributed by atoms with E-state index in [1.165, 1.54) is 11.8 Å². The molecule has 158 valence electrons. The number of carbonyl (C=O) groups excluding carboxylic acids is 2. The van der Waals surface area contributed by atoms with Crippen molar-refractivity contribution in [3.63, 3.8) is 0 Å². The van der Waals surface area contributed by atoms with Crippen LogP contribution in [0.2, 0.25) is 0 Å². The second kappa shape index (κ2) is 9.00. The zero-order chi connectivity index (χ0) is 21.8. The van der Waals surface area contributed by atoms with Gasteiger partial charge in [-0.1, -0.05) is 30.3 Å². The molecule has 9 nitrogen and oxygen atoms in total. The lowest BCUT2D eigenvalue weighted by Crippen LogP contribution is -2.31. The van der Waals surface area contributed by atoms with Crippen LogP contribution in [0.4, 0.5) is 23.3 Å². The van der Waals surface area contributed by atoms with Gasteiger partial charge in [-0.25, -0.2) is 0 Å². The molecular weight excluding hydrogens is 416 g/mol. The van der Waals surface area contributed by atoms with E-state index in [-0.39, 0.29) is 36.7 Å². The molecule has 2 heterocycles. The summed E-state index contributed by atoms with van der Waals surface area (Å²) in [7, 11) is 0. The molecule has 0 saturated carbocycles. The Hall–Kier alpha value is -3.66. The van der Waals surface area contributed by atoms with Crippen molar-refractivity contribution in [2.24, 2.45) is 0 Å². The molecule has 4 N–H and O–H groups in total. The molecule has 1 aliphatic heterocycles. The summed E-state index contributed by atoms with van der Waals surface area (Å²) in [5, 5.41) is 5.32. The highest BCUT2D eigenvalue weighted by Crippen LogP contribution is 2.36. The number of nitrogens with zero attached hydrogens (tertiary/aromatic N) is 3. The monoisotopic (exact) mass is 436 g/mol. The number of ether oxygens (including phenoxy) is 1. The highest BCUT2D eigenvalue weighted by atomic mass is 32.2. The molecule has 1 atom stereocenters. The average molecular weight is 436 g/mol. The summed E-state index contributed by atoms with van der Waals surface area (Å²) in [6.45, 7) is 1.77. The van der Waals surface area contributed by atoms with Gasteiger partial charge in [0.25, 0.3) is 0 Å². The lowest BCUT2D eigenvalue weighted by atomic mass is 10.2. The number of hydrogen-bond donors (Lipinski definition) is 3. The fourth-order valence-corrected chi connectivity index (χ4v) is 4.07. The van der Waals surface area contributed by atoms with E-state index < -0.39 is 11.2 Å². The first kappa shape index (κ1) is 20.6. The van der Waals surface area contributed by atoms with Crippen molar-refractivity contribution in [1.29, 1.82) is 0 Å². The fourth-order valence-electron chi connectivity index (χ4n) is 2.97. The number of carbonyl (C=O) groups is 2. The molecule has 0 spiro atoms. The van der Waals surface area contributed by atoms with E-state index in [4.69, 9.17) is 10.5 Å². The van der Waals surface area contributed by atoms with Crippen LogP contribution in [0.1, 0.15) is 17.8 Å². The third-order valence-electron chi connectivity index (χ3n) is 4.51. The van der Waals surface area contributed by atoms with Crippen LogP contribution in [0.25, 0.3) is 0 Å². The van der Waals surface area contributed by atoms with Crippen LogP contribution in [0.3, 0.4) is 0 Å². The number of para-hydroxylation sites is 2. The summed E-state index contributed by atoms with van der Waals surface area (Å²) in [5.41, 5.74) is 8.36. The van der Waals surface area contributed by atoms with Crippen LogP contribution < -0.4 is 16.4 Å². The Morgan fingerprint density at radius 3 is 2.77 bits per heavy atom. The van der Waals surface area contributed by atoms with E-state index in [1.807, 2.05) is 55.5 Å². The number of anilines is 4. The molecule has 1 aliphatic rings. The van der Waals surface area contributed by atoms with Gasteiger partial charge in [0.1, 0.15) is 0 Å². The van der Waals surface area contributed by atoms with Crippen LogP contribution in [0.15, 0.2) is 53.4 Å². The summed E-state index contributed by atoms with van der Waals surface area (Å²) in [4.78, 5) is 37.8. The maximum Gasteiger partial charge on any atom is 0.307 e. The van der Waals surface area contributed by atoms with Gasteiger partial charge in [-0.3, -0.25) is 9.59 Å². The predicted octanol–water partition coefficient (Wildman–Crippen LogP) is 3.05. The second-order valence-electron chi connectivity index (χ2n) is 6.83. The molecule has 31 heavy (non-hydrogen) atoms. The summed E-state index contributed by atoms with van der Waals surface area (Å²) in [5.74, 6) is -0.278. The number of benzene rings is 2. The van der Waals surface area contributed by atoms with Crippen molar-refractivity contribution >= 4 is 46.9 Å². The zero-order valence-electron chi connectivity index (χ0n) is 16.7. The van der Waals surface area contributed by atoms with Gasteiger partial charge in [-0.15, -0.1) is 11.8 Å². The van der Waals surface area contributed by atoms with E-state index in [9.17, 15) is 9.59 Å². The predicted molar refractivity (Wildman–Crippen MR) is 118 cm³/mol. The largest absolute Gasteiger partial charge is 0.457 e. The SMILES string of the molecule is Cc1ccccc1Nc1nc(N)nc(COC(=O)CC2Sc3ccccc3NC2=O)n1. The number of nitrogen functional groups attached to an aromatic ring is 1. The third kappa shape index (κ3) is 5.10. The highest BCUT2D eigenvalue weighted by molar-refractivity contribution is 8.01. The second-order valence-corrected chi connectivity index (χ2v) is 8.07. The summed E-state index contributed by atoms with van der Waals surface area (Å²) >= 11 is 1.34. The number of aromatic nitrogens is 3. The Labute approximate surface area is 182 Å². The first-order chi connectivity index (χ1) is 15.0. The Balaban J connectivity index is 1.37. The zero-order valence-corrected chi connectivity index (χ0v) is 17.5. The smallest absolute Gasteiger partial charge is 0.307 e. The number of rotatable bonds is 6. The number of fused-ring (bicyclic) bond motifs is 1. The first-order valence-corrected chi connectivity index (χ1v) is 10.4. The maximum absolute atomic E-state index is 12.3. The molecule has 4 rings (SSSR count). The lowest BCUT2D eigenvalue weighted by molar-refractivity contribution is -0.146. The fraction of sp³-hybridized carbons (Fsp3) is 0.190. The molecule has 2 aromatic carbocycles. The number of nitrogens with one attached hydrogen (secondary N) is 2. The standard InChI is InChI=1S/C21H20N6O3S/c1-12-6-2-3-7-13(12)24-21-26-17(25-20(22)27-21)11-30-18(28)10-16-19(29)23-14-8-4-5-9-15(14)31-16/h2-9,16H,10-11H2,1H3,(H,23,29)(H3,22,24,25,26,27). The van der Waals surface area contributed by atoms with E-state index in [2.05, 4.69) is 25.6 Å². The van der Waals surface area contributed by atoms with Crippen molar-refractivity contribution in [2.75, 3.05) is 16.4 Å². The van der Waals surface area contributed by atoms with Crippen molar-refractivity contribution in [3.05, 3.63) is 59.9 Å². The Morgan fingerprint density at radius 1 is 1.16 bits per heavy atom. The number of amides is 1. The molecule has 0 radical (unpaired) electrons. The summed E-state index contributed by atoms with van der Waals surface area (Å²) in [6, 6.07) is 15.1. The van der Waals surface area contributed by atoms with Crippen molar-refractivity contribution in [3.8, 4) is 0 Å². The van der Waals surface area contributed by atoms with Gasteiger partial charge in [-0.2, -0.15) is 15.0 Å². The van der Waals surface area contributed by atoms with Gasteiger partial charge in [0.2, 0.25) is 17.8 Å². The van der Waals surface area contributed by atoms with E-state index in [0.717, 1.165) is 21.8 Å². The highest BCUT2D eigenvalue weighted by Gasteiger charge is 2.29. The van der Waals surface area contributed by atoms with Crippen molar-refractivity contribution in [1.82, 2.24) is 15.0 Å². The van der Waals surface area contributed by atoms with Gasteiger partial charge in [0.05, 0.1) is 17.4 Å². The molecule has 0 aliphatic carbocycles. The number of thioether (sulfide) groups is 1. The molecule has 10 heteroatoms. The molecule has 1 unspecified atom stereocenters. The van der Waals surface area contributed by atoms with Crippen LogP contribution in [-0.2, 0) is 20.9 Å². The van der Waals surface area contributed by atoms with E-state index in [1.54, 1.807) is 0 Å². The van der Waals surface area contributed by atoms with Gasteiger partial charge >= 0.3 is 5.97 Å². The van der Waals surface area contributed by atoms with E-state index >= 15 is 0 Å². The Kier molecular flexibility index (Phi) is 5.99. The summed E-state index contributed by atoms with van der Waals surface area (Å²) < 4.78 is 5.28.